The summed E-state index contributed by atoms with van der Waals surface area (Å²) < 4.78 is 5.49. The van der Waals surface area contributed by atoms with Crippen LogP contribution >= 0.6 is 22.7 Å². The van der Waals surface area contributed by atoms with E-state index in [4.69, 9.17) is 4.74 Å². The molecule has 0 spiro atoms. The molecular weight excluding hydrogens is 338 g/mol. The van der Waals surface area contributed by atoms with Crippen molar-refractivity contribution in [2.24, 2.45) is 0 Å². The highest BCUT2D eigenvalue weighted by molar-refractivity contribution is 7.08. The number of ether oxygens (including phenoxy) is 1. The molecular formula is C19H25NO2S2. The fourth-order valence-electron chi connectivity index (χ4n) is 3.13. The monoisotopic (exact) mass is 363 g/mol. The van der Waals surface area contributed by atoms with Gasteiger partial charge in [-0.2, -0.15) is 22.7 Å². The predicted molar refractivity (Wildman–Crippen MR) is 103 cm³/mol. The van der Waals surface area contributed by atoms with E-state index in [2.05, 4.69) is 38.6 Å². The third-order valence-electron chi connectivity index (χ3n) is 4.34. The van der Waals surface area contributed by atoms with Gasteiger partial charge in [-0.05, 0) is 70.1 Å². The molecule has 2 aromatic heterocycles. The first-order chi connectivity index (χ1) is 11.7. The average Bonchev–Trinajstić information content (AvgIpc) is 3.27. The van der Waals surface area contributed by atoms with Crippen LogP contribution in [0.5, 0.6) is 0 Å². The lowest BCUT2D eigenvalue weighted by atomic mass is 9.91. The summed E-state index contributed by atoms with van der Waals surface area (Å²) in [6, 6.07) is 4.47. The highest BCUT2D eigenvalue weighted by Crippen LogP contribution is 2.34. The van der Waals surface area contributed by atoms with Gasteiger partial charge in [0, 0.05) is 19.6 Å². The fraction of sp³-hybridized carbons (Fsp3) is 0.474. The van der Waals surface area contributed by atoms with Crippen LogP contribution in [0.15, 0.2) is 39.2 Å². The molecule has 1 aliphatic heterocycles. The number of aliphatic hydroxyl groups excluding tert-OH is 1. The summed E-state index contributed by atoms with van der Waals surface area (Å²) in [6.07, 6.45) is 1.87. The molecule has 1 saturated heterocycles. The maximum absolute atomic E-state index is 9.22. The van der Waals surface area contributed by atoms with Crippen molar-refractivity contribution in [3.63, 3.8) is 0 Å². The van der Waals surface area contributed by atoms with Crippen LogP contribution in [0.25, 0.3) is 5.57 Å². The van der Waals surface area contributed by atoms with Crippen LogP contribution < -0.4 is 0 Å². The van der Waals surface area contributed by atoms with Gasteiger partial charge in [0.1, 0.15) is 0 Å². The van der Waals surface area contributed by atoms with Gasteiger partial charge in [0.05, 0.1) is 19.3 Å². The molecule has 3 rings (SSSR count). The molecule has 1 fully saturated rings. The van der Waals surface area contributed by atoms with Crippen molar-refractivity contribution < 1.29 is 9.84 Å². The smallest absolute Gasteiger partial charge is 0.0745 e. The minimum absolute atomic E-state index is 0.375. The first-order valence-corrected chi connectivity index (χ1v) is 10.4. The van der Waals surface area contributed by atoms with Crippen molar-refractivity contribution in [2.75, 3.05) is 32.8 Å². The van der Waals surface area contributed by atoms with Crippen LogP contribution in [0.4, 0.5) is 0 Å². The van der Waals surface area contributed by atoms with E-state index in [1.807, 2.05) is 0 Å². The number of aliphatic hydroxyl groups is 1. The molecule has 3 heterocycles. The lowest BCUT2D eigenvalue weighted by molar-refractivity contribution is 0.0346. The molecule has 0 saturated carbocycles. The highest BCUT2D eigenvalue weighted by atomic mass is 32.1. The minimum Gasteiger partial charge on any atom is -0.391 e. The van der Waals surface area contributed by atoms with E-state index in [0.29, 0.717) is 13.2 Å². The van der Waals surface area contributed by atoms with Crippen LogP contribution in [0.1, 0.15) is 30.9 Å². The van der Waals surface area contributed by atoms with Crippen molar-refractivity contribution in [1.29, 1.82) is 0 Å². The maximum Gasteiger partial charge on any atom is 0.0745 e. The summed E-state index contributed by atoms with van der Waals surface area (Å²) in [6.45, 7) is 6.02. The number of likely N-dealkylation sites (tertiary alicyclic amines) is 1. The average molecular weight is 364 g/mol. The zero-order valence-corrected chi connectivity index (χ0v) is 15.7. The summed E-state index contributed by atoms with van der Waals surface area (Å²) in [5.41, 5.74) is 5.75. The summed E-state index contributed by atoms with van der Waals surface area (Å²) in [5.74, 6) is 0. The Labute approximate surface area is 152 Å². The molecule has 1 N–H and O–H groups in total. The molecule has 0 aromatic carbocycles. The van der Waals surface area contributed by atoms with E-state index in [1.165, 1.54) is 16.7 Å². The summed E-state index contributed by atoms with van der Waals surface area (Å²) >= 11 is 3.53. The van der Waals surface area contributed by atoms with Crippen molar-refractivity contribution in [3.05, 3.63) is 50.4 Å². The SMILES string of the molecule is CC(O)COCCN1CCC(=C(c2ccsc2)c2ccsc2)CC1. The number of hydrogen-bond donors (Lipinski definition) is 1. The summed E-state index contributed by atoms with van der Waals surface area (Å²) in [5, 5.41) is 18.1. The van der Waals surface area contributed by atoms with E-state index < -0.39 is 0 Å². The molecule has 2 aromatic rings. The molecule has 0 amide bonds. The van der Waals surface area contributed by atoms with Gasteiger partial charge in [-0.3, -0.25) is 0 Å². The van der Waals surface area contributed by atoms with Gasteiger partial charge in [0.25, 0.3) is 0 Å². The standard InChI is InChI=1S/C19H25NO2S2/c1-15(21)12-22-9-8-20-6-2-16(3-7-20)19(17-4-10-23-13-17)18-5-11-24-14-18/h4-5,10-11,13-15,21H,2-3,6-9,12H2,1H3. The number of hydrogen-bond acceptors (Lipinski definition) is 5. The third kappa shape index (κ3) is 4.77. The normalized spacial score (nSPS) is 17.2. The zero-order valence-electron chi connectivity index (χ0n) is 14.1. The predicted octanol–water partition coefficient (Wildman–Crippen LogP) is 4.10. The van der Waals surface area contributed by atoms with Crippen LogP contribution in [0.3, 0.4) is 0 Å². The first-order valence-electron chi connectivity index (χ1n) is 8.49. The molecule has 0 aliphatic carbocycles. The molecule has 5 heteroatoms. The van der Waals surface area contributed by atoms with E-state index in [-0.39, 0.29) is 6.10 Å². The van der Waals surface area contributed by atoms with Crippen molar-refractivity contribution >= 4 is 28.2 Å². The second-order valence-electron chi connectivity index (χ2n) is 6.27. The van der Waals surface area contributed by atoms with E-state index in [9.17, 15) is 5.11 Å². The Hall–Kier alpha value is -0.980. The molecule has 130 valence electrons. The lowest BCUT2D eigenvalue weighted by Crippen LogP contribution is -2.34. The molecule has 0 radical (unpaired) electrons. The Morgan fingerprint density at radius 2 is 1.79 bits per heavy atom. The Morgan fingerprint density at radius 3 is 2.29 bits per heavy atom. The van der Waals surface area contributed by atoms with Gasteiger partial charge in [0.2, 0.25) is 0 Å². The minimum atomic E-state index is -0.375. The largest absolute Gasteiger partial charge is 0.391 e. The lowest BCUT2D eigenvalue weighted by Gasteiger charge is -2.29. The van der Waals surface area contributed by atoms with Gasteiger partial charge in [-0.15, -0.1) is 0 Å². The van der Waals surface area contributed by atoms with Crippen LogP contribution in [0, 0.1) is 0 Å². The van der Waals surface area contributed by atoms with Crippen molar-refractivity contribution in [1.82, 2.24) is 4.90 Å². The zero-order chi connectivity index (χ0) is 16.8. The third-order valence-corrected chi connectivity index (χ3v) is 5.71. The van der Waals surface area contributed by atoms with Crippen LogP contribution in [-0.2, 0) is 4.74 Å². The number of piperidine rings is 1. The Morgan fingerprint density at radius 1 is 1.17 bits per heavy atom. The van der Waals surface area contributed by atoms with Crippen LogP contribution in [-0.4, -0.2) is 49.0 Å². The van der Waals surface area contributed by atoms with Gasteiger partial charge >= 0.3 is 0 Å². The first kappa shape index (κ1) is 17.8. The Bertz CT molecular complexity index is 586. The number of thiophene rings is 2. The Balaban J connectivity index is 1.62. The quantitative estimate of drug-likeness (QED) is 0.752. The van der Waals surface area contributed by atoms with Crippen LogP contribution in [0.2, 0.25) is 0 Å². The van der Waals surface area contributed by atoms with E-state index in [0.717, 1.165) is 32.5 Å². The van der Waals surface area contributed by atoms with Crippen molar-refractivity contribution in [3.8, 4) is 0 Å². The summed E-state index contributed by atoms with van der Waals surface area (Å²) in [7, 11) is 0. The van der Waals surface area contributed by atoms with E-state index >= 15 is 0 Å². The second kappa shape index (κ2) is 8.92. The fourth-order valence-corrected chi connectivity index (χ4v) is 4.43. The maximum atomic E-state index is 9.22. The highest BCUT2D eigenvalue weighted by Gasteiger charge is 2.19. The molecule has 1 unspecified atom stereocenters. The summed E-state index contributed by atoms with van der Waals surface area (Å²) in [4.78, 5) is 2.46. The topological polar surface area (TPSA) is 32.7 Å². The number of nitrogens with zero attached hydrogens (tertiary/aromatic N) is 1. The van der Waals surface area contributed by atoms with E-state index in [1.54, 1.807) is 35.2 Å². The molecule has 1 atom stereocenters. The van der Waals surface area contributed by atoms with Gasteiger partial charge in [-0.1, -0.05) is 5.57 Å². The van der Waals surface area contributed by atoms with Gasteiger partial charge in [0.15, 0.2) is 0 Å². The van der Waals surface area contributed by atoms with Crippen molar-refractivity contribution in [2.45, 2.75) is 25.9 Å². The van der Waals surface area contributed by atoms with Gasteiger partial charge in [-0.25, -0.2) is 0 Å². The van der Waals surface area contributed by atoms with Gasteiger partial charge < -0.3 is 14.7 Å². The molecule has 1 aliphatic rings. The second-order valence-corrected chi connectivity index (χ2v) is 7.83. The molecule has 3 nitrogen and oxygen atoms in total. The molecule has 24 heavy (non-hydrogen) atoms. The molecule has 0 bridgehead atoms. The number of rotatable bonds is 7. The Kier molecular flexibility index (Phi) is 6.63.